The first-order valence-electron chi connectivity index (χ1n) is 5.12. The van der Waals surface area contributed by atoms with Gasteiger partial charge in [0.2, 0.25) is 0 Å². The molecule has 1 atom stereocenters. The third-order valence-electron chi connectivity index (χ3n) is 2.73. The quantitative estimate of drug-likeness (QED) is 0.609. The second-order valence-electron chi connectivity index (χ2n) is 3.82. The standard InChI is InChI=1S/C11H13N3O2S/c1-6-9(7(2)15)10(8-4-3-5-16-8)13-11(17)14(6)12/h3-5,10H,12H2,1-2H3,(H,13,17)/t10-/m0/s1. The maximum Gasteiger partial charge on any atom is 0.188 e. The van der Waals surface area contributed by atoms with Gasteiger partial charge in [-0.1, -0.05) is 0 Å². The molecule has 0 fully saturated rings. The highest BCUT2D eigenvalue weighted by atomic mass is 32.1. The number of Topliss-reactive ketones (excluding diaryl/α,β-unsaturated/α-hetero) is 1. The molecule has 1 aromatic heterocycles. The molecule has 0 unspecified atom stereocenters. The van der Waals surface area contributed by atoms with Crippen LogP contribution >= 0.6 is 12.2 Å². The van der Waals surface area contributed by atoms with E-state index in [4.69, 9.17) is 22.5 Å². The lowest BCUT2D eigenvalue weighted by Gasteiger charge is -2.33. The van der Waals surface area contributed by atoms with E-state index in [1.54, 1.807) is 25.3 Å². The lowest BCUT2D eigenvalue weighted by molar-refractivity contribution is -0.114. The third kappa shape index (κ3) is 1.96. The van der Waals surface area contributed by atoms with E-state index in [1.165, 1.54) is 11.9 Å². The number of furan rings is 1. The second-order valence-corrected chi connectivity index (χ2v) is 4.21. The Labute approximate surface area is 104 Å². The van der Waals surface area contributed by atoms with Gasteiger partial charge in [0.25, 0.3) is 0 Å². The van der Waals surface area contributed by atoms with E-state index >= 15 is 0 Å². The molecule has 0 aliphatic carbocycles. The monoisotopic (exact) mass is 251 g/mol. The molecule has 0 radical (unpaired) electrons. The van der Waals surface area contributed by atoms with Gasteiger partial charge in [-0.05, 0) is 38.2 Å². The van der Waals surface area contributed by atoms with Crippen molar-refractivity contribution in [2.75, 3.05) is 0 Å². The Kier molecular flexibility index (Phi) is 2.99. The number of nitrogens with two attached hydrogens (primary N) is 1. The summed E-state index contributed by atoms with van der Waals surface area (Å²) < 4.78 is 5.32. The Bertz CT molecular complexity index is 493. The van der Waals surface area contributed by atoms with Crippen molar-refractivity contribution < 1.29 is 9.21 Å². The Hall–Kier alpha value is -1.66. The number of rotatable bonds is 2. The second kappa shape index (κ2) is 4.31. The fourth-order valence-corrected chi connectivity index (χ4v) is 2.14. The van der Waals surface area contributed by atoms with E-state index in [9.17, 15) is 4.79 Å². The van der Waals surface area contributed by atoms with Gasteiger partial charge in [-0.15, -0.1) is 0 Å². The first kappa shape index (κ1) is 11.8. The van der Waals surface area contributed by atoms with Crippen LogP contribution in [-0.4, -0.2) is 15.9 Å². The molecule has 0 spiro atoms. The number of nitrogens with one attached hydrogen (secondary N) is 1. The predicted octanol–water partition coefficient (Wildman–Crippen LogP) is 1.25. The first-order valence-corrected chi connectivity index (χ1v) is 5.53. The number of carbonyl (C=O) groups excluding carboxylic acids is 1. The SMILES string of the molecule is CC(=O)C1=C(C)N(N)C(=S)N[C@H]1c1ccco1. The number of hydrogen-bond donors (Lipinski definition) is 2. The zero-order valence-electron chi connectivity index (χ0n) is 9.56. The third-order valence-corrected chi connectivity index (χ3v) is 3.05. The average Bonchev–Trinajstić information content (AvgIpc) is 2.77. The molecule has 2 rings (SSSR count). The van der Waals surface area contributed by atoms with E-state index in [0.29, 0.717) is 22.1 Å². The predicted molar refractivity (Wildman–Crippen MR) is 66.6 cm³/mol. The topological polar surface area (TPSA) is 71.5 Å². The lowest BCUT2D eigenvalue weighted by atomic mass is 9.97. The van der Waals surface area contributed by atoms with Crippen molar-refractivity contribution in [3.63, 3.8) is 0 Å². The van der Waals surface area contributed by atoms with Crippen LogP contribution < -0.4 is 11.2 Å². The Morgan fingerprint density at radius 1 is 1.65 bits per heavy atom. The minimum atomic E-state index is -0.366. The summed E-state index contributed by atoms with van der Waals surface area (Å²) in [5.74, 6) is 6.34. The van der Waals surface area contributed by atoms with Crippen LogP contribution in [0.1, 0.15) is 25.6 Å². The van der Waals surface area contributed by atoms with Gasteiger partial charge in [0, 0.05) is 11.3 Å². The van der Waals surface area contributed by atoms with E-state index in [0.717, 1.165) is 0 Å². The molecular weight excluding hydrogens is 238 g/mol. The van der Waals surface area contributed by atoms with Crippen LogP contribution in [0.15, 0.2) is 34.1 Å². The lowest BCUT2D eigenvalue weighted by Crippen LogP contribution is -2.50. The van der Waals surface area contributed by atoms with Gasteiger partial charge < -0.3 is 9.73 Å². The number of allylic oxidation sites excluding steroid dienone is 1. The number of carbonyl (C=O) groups is 1. The fourth-order valence-electron chi connectivity index (χ4n) is 1.88. The molecule has 0 saturated carbocycles. The van der Waals surface area contributed by atoms with Gasteiger partial charge >= 0.3 is 0 Å². The van der Waals surface area contributed by atoms with Crippen molar-refractivity contribution in [3.05, 3.63) is 35.4 Å². The van der Waals surface area contributed by atoms with Crippen molar-refractivity contribution in [1.82, 2.24) is 10.3 Å². The Morgan fingerprint density at radius 2 is 2.35 bits per heavy atom. The van der Waals surface area contributed by atoms with Crippen LogP contribution in [0.3, 0.4) is 0 Å². The van der Waals surface area contributed by atoms with Gasteiger partial charge in [-0.2, -0.15) is 0 Å². The molecule has 5 nitrogen and oxygen atoms in total. The van der Waals surface area contributed by atoms with E-state index in [-0.39, 0.29) is 11.8 Å². The number of hydrogen-bond acceptors (Lipinski definition) is 4. The fraction of sp³-hybridized carbons (Fsp3) is 0.273. The number of thiocarbonyl (C=S) groups is 1. The molecule has 0 saturated heterocycles. The van der Waals surface area contributed by atoms with Crippen molar-refractivity contribution >= 4 is 23.1 Å². The molecule has 90 valence electrons. The van der Waals surface area contributed by atoms with Crippen LogP contribution in [0.2, 0.25) is 0 Å². The van der Waals surface area contributed by atoms with Gasteiger partial charge in [-0.25, -0.2) is 5.84 Å². The highest BCUT2D eigenvalue weighted by Crippen LogP contribution is 2.29. The van der Waals surface area contributed by atoms with Crippen molar-refractivity contribution in [2.24, 2.45) is 5.84 Å². The summed E-state index contributed by atoms with van der Waals surface area (Å²) in [6.45, 7) is 3.26. The van der Waals surface area contributed by atoms with Crippen LogP contribution in [0.4, 0.5) is 0 Å². The molecule has 3 N–H and O–H groups in total. The minimum absolute atomic E-state index is 0.0608. The Balaban J connectivity index is 2.51. The summed E-state index contributed by atoms with van der Waals surface area (Å²) in [6, 6.07) is 3.19. The summed E-state index contributed by atoms with van der Waals surface area (Å²) in [6.07, 6.45) is 1.56. The normalized spacial score (nSPS) is 20.5. The van der Waals surface area contributed by atoms with Crippen LogP contribution in [0, 0.1) is 0 Å². The highest BCUT2D eigenvalue weighted by molar-refractivity contribution is 7.80. The van der Waals surface area contributed by atoms with Crippen molar-refractivity contribution in [1.29, 1.82) is 0 Å². The summed E-state index contributed by atoms with van der Waals surface area (Å²) in [4.78, 5) is 11.7. The molecule has 1 aliphatic rings. The van der Waals surface area contributed by atoms with E-state index in [2.05, 4.69) is 5.32 Å². The summed E-state index contributed by atoms with van der Waals surface area (Å²) in [5, 5.41) is 4.66. The van der Waals surface area contributed by atoms with Gasteiger partial charge in [0.05, 0.1) is 6.26 Å². The van der Waals surface area contributed by atoms with Gasteiger partial charge in [0.15, 0.2) is 10.9 Å². The molecule has 1 aliphatic heterocycles. The summed E-state index contributed by atoms with van der Waals surface area (Å²) >= 11 is 5.10. The molecule has 0 aromatic carbocycles. The van der Waals surface area contributed by atoms with Crippen molar-refractivity contribution in [2.45, 2.75) is 19.9 Å². The molecule has 6 heteroatoms. The summed E-state index contributed by atoms with van der Waals surface area (Å²) in [7, 11) is 0. The molecule has 0 bridgehead atoms. The van der Waals surface area contributed by atoms with Crippen LogP contribution in [0.25, 0.3) is 0 Å². The maximum absolute atomic E-state index is 11.7. The molecule has 1 aromatic rings. The summed E-state index contributed by atoms with van der Waals surface area (Å²) in [5.41, 5.74) is 1.21. The number of nitrogens with zero attached hydrogens (tertiary/aromatic N) is 1. The number of hydrazine groups is 1. The number of ketones is 1. The maximum atomic E-state index is 11.7. The highest BCUT2D eigenvalue weighted by Gasteiger charge is 2.32. The van der Waals surface area contributed by atoms with Gasteiger partial charge in [-0.3, -0.25) is 9.80 Å². The molecule has 17 heavy (non-hydrogen) atoms. The average molecular weight is 251 g/mol. The minimum Gasteiger partial charge on any atom is -0.467 e. The van der Waals surface area contributed by atoms with E-state index in [1.807, 2.05) is 0 Å². The molecule has 0 amide bonds. The van der Waals surface area contributed by atoms with Crippen LogP contribution in [-0.2, 0) is 4.79 Å². The zero-order valence-corrected chi connectivity index (χ0v) is 10.4. The van der Waals surface area contributed by atoms with Gasteiger partial charge in [0.1, 0.15) is 11.8 Å². The van der Waals surface area contributed by atoms with E-state index < -0.39 is 0 Å². The molecule has 2 heterocycles. The zero-order chi connectivity index (χ0) is 12.6. The van der Waals surface area contributed by atoms with Crippen LogP contribution in [0.5, 0.6) is 0 Å². The Morgan fingerprint density at radius 3 is 2.88 bits per heavy atom. The smallest absolute Gasteiger partial charge is 0.188 e. The van der Waals surface area contributed by atoms with Crippen molar-refractivity contribution in [3.8, 4) is 0 Å². The largest absolute Gasteiger partial charge is 0.467 e. The molecular formula is C11H13N3O2S. The first-order chi connectivity index (χ1) is 8.02.